The summed E-state index contributed by atoms with van der Waals surface area (Å²) < 4.78 is 0. The smallest absolute Gasteiger partial charge is 0.326 e. The van der Waals surface area contributed by atoms with Crippen LogP contribution in [0.4, 0.5) is 0 Å². The highest BCUT2D eigenvalue weighted by Crippen LogP contribution is 2.04. The van der Waals surface area contributed by atoms with Gasteiger partial charge in [0.1, 0.15) is 6.04 Å². The van der Waals surface area contributed by atoms with Crippen LogP contribution in [0.2, 0.25) is 0 Å². The van der Waals surface area contributed by atoms with E-state index in [2.05, 4.69) is 29.1 Å². The Morgan fingerprint density at radius 2 is 1.37 bits per heavy atom. The second-order valence-electron chi connectivity index (χ2n) is 5.99. The molecule has 0 aromatic carbocycles. The van der Waals surface area contributed by atoms with Crippen molar-refractivity contribution in [2.24, 2.45) is 5.73 Å². The molecule has 0 rings (SSSR count). The maximum absolute atomic E-state index is 12.0. The van der Waals surface area contributed by atoms with Gasteiger partial charge >= 0.3 is 5.97 Å². The molecule has 0 heterocycles. The maximum Gasteiger partial charge on any atom is 0.326 e. The quantitative estimate of drug-likeness (QED) is 0.196. The lowest BCUT2D eigenvalue weighted by Crippen LogP contribution is -2.48. The Labute approximate surface area is 159 Å². The van der Waals surface area contributed by atoms with Gasteiger partial charge in [0.05, 0.1) is 6.04 Å². The van der Waals surface area contributed by atoms with E-state index in [1.807, 2.05) is 0 Å². The zero-order chi connectivity index (χ0) is 20.7. The van der Waals surface area contributed by atoms with Gasteiger partial charge < -0.3 is 26.8 Å². The molecule has 9 nitrogen and oxygen atoms in total. The zero-order valence-electron chi connectivity index (χ0n) is 15.5. The van der Waals surface area contributed by atoms with Gasteiger partial charge in [0.2, 0.25) is 17.7 Å². The fourth-order valence-electron chi connectivity index (χ4n) is 2.20. The van der Waals surface area contributed by atoms with Crippen LogP contribution >= 0.6 is 0 Å². The fourth-order valence-corrected chi connectivity index (χ4v) is 2.20. The van der Waals surface area contributed by atoms with Crippen molar-refractivity contribution in [3.05, 3.63) is 25.3 Å². The van der Waals surface area contributed by atoms with Gasteiger partial charge in [-0.15, -0.1) is 0 Å². The van der Waals surface area contributed by atoms with Crippen molar-refractivity contribution in [1.29, 1.82) is 0 Å². The highest BCUT2D eigenvalue weighted by molar-refractivity contribution is 5.87. The minimum Gasteiger partial charge on any atom is -0.480 e. The number of carbonyl (C=O) groups is 4. The summed E-state index contributed by atoms with van der Waals surface area (Å²) in [5, 5.41) is 16.9. The van der Waals surface area contributed by atoms with Crippen LogP contribution in [0.25, 0.3) is 0 Å². The first-order valence-electron chi connectivity index (χ1n) is 8.91. The van der Waals surface area contributed by atoms with Crippen molar-refractivity contribution >= 4 is 23.7 Å². The summed E-state index contributed by atoms with van der Waals surface area (Å²) in [6, 6.07) is -1.83. The van der Waals surface area contributed by atoms with E-state index in [0.29, 0.717) is 45.2 Å². The van der Waals surface area contributed by atoms with E-state index < -0.39 is 24.0 Å². The largest absolute Gasteiger partial charge is 0.480 e. The third kappa shape index (κ3) is 12.3. The second-order valence-corrected chi connectivity index (χ2v) is 5.99. The molecule has 6 N–H and O–H groups in total. The van der Waals surface area contributed by atoms with Gasteiger partial charge in [-0.1, -0.05) is 13.2 Å². The van der Waals surface area contributed by atoms with Crippen molar-refractivity contribution < 1.29 is 24.3 Å². The van der Waals surface area contributed by atoms with Crippen LogP contribution < -0.4 is 21.7 Å². The molecule has 152 valence electrons. The molecule has 0 saturated heterocycles. The van der Waals surface area contributed by atoms with Gasteiger partial charge in [-0.25, -0.2) is 4.79 Å². The van der Waals surface area contributed by atoms with E-state index in [0.717, 1.165) is 6.08 Å². The lowest BCUT2D eigenvalue weighted by atomic mass is 10.1. The van der Waals surface area contributed by atoms with E-state index in [1.165, 1.54) is 6.08 Å². The number of rotatable bonds is 15. The lowest BCUT2D eigenvalue weighted by Gasteiger charge is -2.18. The number of nitrogens with one attached hydrogen (secondary N) is 3. The molecule has 0 aliphatic heterocycles. The van der Waals surface area contributed by atoms with Gasteiger partial charge in [-0.3, -0.25) is 14.4 Å². The van der Waals surface area contributed by atoms with Crippen molar-refractivity contribution in [2.75, 3.05) is 13.1 Å². The summed E-state index contributed by atoms with van der Waals surface area (Å²) >= 11 is 0. The summed E-state index contributed by atoms with van der Waals surface area (Å²) in [6.07, 6.45) is 5.34. The molecule has 0 aliphatic carbocycles. The Morgan fingerprint density at radius 1 is 0.889 bits per heavy atom. The molecule has 0 spiro atoms. The first-order valence-corrected chi connectivity index (χ1v) is 8.91. The molecule has 9 heteroatoms. The van der Waals surface area contributed by atoms with Crippen LogP contribution in [0.5, 0.6) is 0 Å². The Balaban J connectivity index is 4.09. The Kier molecular flexibility index (Phi) is 13.0. The number of carboxylic acids is 1. The molecule has 0 unspecified atom stereocenters. The van der Waals surface area contributed by atoms with Gasteiger partial charge in [-0.2, -0.15) is 0 Å². The van der Waals surface area contributed by atoms with Gasteiger partial charge in [0.15, 0.2) is 0 Å². The normalized spacial score (nSPS) is 12.3. The van der Waals surface area contributed by atoms with Crippen LogP contribution in [-0.2, 0) is 19.2 Å². The fraction of sp³-hybridized carbons (Fsp3) is 0.556. The summed E-state index contributed by atoms with van der Waals surface area (Å²) in [5.41, 5.74) is 5.79. The highest BCUT2D eigenvalue weighted by atomic mass is 16.4. The lowest BCUT2D eigenvalue weighted by molar-refractivity contribution is -0.142. The predicted molar refractivity (Wildman–Crippen MR) is 102 cm³/mol. The summed E-state index contributed by atoms with van der Waals surface area (Å²) in [7, 11) is 0. The molecule has 0 aromatic heterocycles. The van der Waals surface area contributed by atoms with E-state index in [9.17, 15) is 24.3 Å². The van der Waals surface area contributed by atoms with Crippen molar-refractivity contribution in [1.82, 2.24) is 16.0 Å². The monoisotopic (exact) mass is 382 g/mol. The van der Waals surface area contributed by atoms with E-state index in [-0.39, 0.29) is 18.2 Å². The Bertz CT molecular complexity index is 536. The zero-order valence-corrected chi connectivity index (χ0v) is 15.5. The maximum atomic E-state index is 12.0. The van der Waals surface area contributed by atoms with Crippen molar-refractivity contribution in [3.63, 3.8) is 0 Å². The third-order valence-electron chi connectivity index (χ3n) is 3.78. The van der Waals surface area contributed by atoms with E-state index in [1.54, 1.807) is 0 Å². The van der Waals surface area contributed by atoms with Crippen molar-refractivity contribution in [3.8, 4) is 0 Å². The number of amides is 3. The van der Waals surface area contributed by atoms with Crippen LogP contribution in [0.1, 0.15) is 38.5 Å². The molecule has 0 aromatic rings. The number of hydrogen-bond acceptors (Lipinski definition) is 5. The van der Waals surface area contributed by atoms with E-state index in [4.69, 9.17) is 5.73 Å². The van der Waals surface area contributed by atoms with Gasteiger partial charge in [0, 0.05) is 13.1 Å². The molecule has 27 heavy (non-hydrogen) atoms. The van der Waals surface area contributed by atoms with E-state index >= 15 is 0 Å². The summed E-state index contributed by atoms with van der Waals surface area (Å²) in [5.74, 6) is -2.19. The number of carbonyl (C=O) groups excluding carboxylic acids is 3. The molecule has 0 saturated carbocycles. The SMILES string of the molecule is C=CC(=O)NCCCC[C@H](NC(=O)[C@@H](N)CCCCNC(=O)C=C)C(=O)O. The number of unbranched alkanes of at least 4 members (excludes halogenated alkanes) is 2. The minimum absolute atomic E-state index is 0.241. The third-order valence-corrected chi connectivity index (χ3v) is 3.78. The van der Waals surface area contributed by atoms with Crippen LogP contribution in [0.15, 0.2) is 25.3 Å². The summed E-state index contributed by atoms with van der Waals surface area (Å²) in [4.78, 5) is 45.3. The number of nitrogens with two attached hydrogens (primary N) is 1. The number of carboxylic acid groups (broad SMARTS) is 1. The topological polar surface area (TPSA) is 151 Å². The second kappa shape index (κ2) is 14.5. The molecule has 0 radical (unpaired) electrons. The van der Waals surface area contributed by atoms with Crippen molar-refractivity contribution in [2.45, 2.75) is 50.6 Å². The number of hydrogen-bond donors (Lipinski definition) is 5. The average Bonchev–Trinajstić information content (AvgIpc) is 2.65. The standard InChI is InChI=1S/C18H30N4O5/c1-3-15(23)20-11-7-5-9-13(19)17(25)22-14(18(26)27)10-6-8-12-21-16(24)4-2/h3-4,13-14H,1-2,5-12,19H2,(H,20,23)(H,21,24)(H,22,25)(H,26,27)/t13-,14-/m0/s1. The van der Waals surface area contributed by atoms with Gasteiger partial charge in [-0.05, 0) is 50.7 Å². The molecule has 2 atom stereocenters. The molecule has 3 amide bonds. The van der Waals surface area contributed by atoms with Crippen LogP contribution in [0.3, 0.4) is 0 Å². The average molecular weight is 382 g/mol. The Hall–Kier alpha value is -2.68. The molecule has 0 bridgehead atoms. The molecular formula is C18H30N4O5. The first-order chi connectivity index (χ1) is 12.8. The Morgan fingerprint density at radius 3 is 1.81 bits per heavy atom. The molecule has 0 fully saturated rings. The minimum atomic E-state index is -1.13. The highest BCUT2D eigenvalue weighted by Gasteiger charge is 2.22. The van der Waals surface area contributed by atoms with Crippen LogP contribution in [0, 0.1) is 0 Å². The molecule has 0 aliphatic rings. The predicted octanol–water partition coefficient (Wildman–Crippen LogP) is -0.172. The molecular weight excluding hydrogens is 352 g/mol. The number of aliphatic carboxylic acids is 1. The van der Waals surface area contributed by atoms with Crippen LogP contribution in [-0.4, -0.2) is 54.0 Å². The van der Waals surface area contributed by atoms with Gasteiger partial charge in [0.25, 0.3) is 0 Å². The summed E-state index contributed by atoms with van der Waals surface area (Å²) in [6.45, 7) is 7.54. The first kappa shape index (κ1) is 24.3.